The van der Waals surface area contributed by atoms with Gasteiger partial charge in [-0.1, -0.05) is 0 Å². The van der Waals surface area contributed by atoms with Crippen LogP contribution in [0.25, 0.3) is 0 Å². The Labute approximate surface area is 83.1 Å². The summed E-state index contributed by atoms with van der Waals surface area (Å²) in [5.74, 6) is -0.231. The summed E-state index contributed by atoms with van der Waals surface area (Å²) in [4.78, 5) is 11.5. The average Bonchev–Trinajstić information content (AvgIpc) is 2.18. The number of carbonyl (C=O) groups is 1. The minimum atomic E-state index is -0.231. The van der Waals surface area contributed by atoms with E-state index in [0.29, 0.717) is 5.56 Å². The van der Waals surface area contributed by atoms with E-state index in [4.69, 9.17) is 4.74 Å². The van der Waals surface area contributed by atoms with E-state index in [0.717, 1.165) is 18.7 Å². The quantitative estimate of drug-likeness (QED) is 0.638. The predicted molar refractivity (Wildman–Crippen MR) is 54.4 cm³/mol. The van der Waals surface area contributed by atoms with E-state index in [1.165, 1.54) is 0 Å². The van der Waals surface area contributed by atoms with Crippen LogP contribution in [0.5, 0.6) is 0 Å². The zero-order valence-electron chi connectivity index (χ0n) is 8.12. The van der Waals surface area contributed by atoms with Crippen molar-refractivity contribution in [3.05, 3.63) is 29.8 Å². The summed E-state index contributed by atoms with van der Waals surface area (Å²) in [5.41, 5.74) is 1.67. The molecule has 0 radical (unpaired) electrons. The largest absolute Gasteiger partial charge is 0.459 e. The highest BCUT2D eigenvalue weighted by Gasteiger charge is 2.13. The smallest absolute Gasteiger partial charge is 0.338 e. The molecule has 0 spiro atoms. The van der Waals surface area contributed by atoms with Crippen LogP contribution in [-0.4, -0.2) is 18.6 Å². The zero-order chi connectivity index (χ0) is 9.97. The highest BCUT2D eigenvalue weighted by molar-refractivity contribution is 5.90. The molecule has 1 aromatic carbocycles. The van der Waals surface area contributed by atoms with Gasteiger partial charge < -0.3 is 10.1 Å². The second-order valence-electron chi connectivity index (χ2n) is 3.51. The van der Waals surface area contributed by atoms with E-state index in [1.807, 2.05) is 19.1 Å². The van der Waals surface area contributed by atoms with Crippen molar-refractivity contribution in [1.82, 2.24) is 0 Å². The number of hydrogen-bond acceptors (Lipinski definition) is 3. The third kappa shape index (κ3) is 1.87. The molecule has 1 atom stereocenters. The highest BCUT2D eigenvalue weighted by atomic mass is 16.5. The number of anilines is 1. The summed E-state index contributed by atoms with van der Waals surface area (Å²) >= 11 is 0. The van der Waals surface area contributed by atoms with Gasteiger partial charge in [-0.25, -0.2) is 4.79 Å². The Morgan fingerprint density at radius 2 is 2.07 bits per heavy atom. The Balaban J connectivity index is 2.29. The maximum atomic E-state index is 11.5. The normalized spacial score (nSPS) is 21.2. The van der Waals surface area contributed by atoms with E-state index in [-0.39, 0.29) is 12.1 Å². The van der Waals surface area contributed by atoms with Crippen molar-refractivity contribution in [3.63, 3.8) is 0 Å². The van der Waals surface area contributed by atoms with Crippen molar-refractivity contribution in [2.45, 2.75) is 19.4 Å². The third-order valence-electron chi connectivity index (χ3n) is 2.31. The van der Waals surface area contributed by atoms with Gasteiger partial charge in [0.25, 0.3) is 0 Å². The number of benzene rings is 1. The van der Waals surface area contributed by atoms with E-state index in [9.17, 15) is 4.79 Å². The average molecular weight is 191 g/mol. The Bertz CT molecular complexity index is 332. The monoisotopic (exact) mass is 191 g/mol. The van der Waals surface area contributed by atoms with Crippen LogP contribution in [0.2, 0.25) is 0 Å². The molecular formula is C11H13NO2. The van der Waals surface area contributed by atoms with Crippen molar-refractivity contribution < 1.29 is 9.53 Å². The Morgan fingerprint density at radius 1 is 1.36 bits per heavy atom. The minimum Gasteiger partial charge on any atom is -0.459 e. The van der Waals surface area contributed by atoms with Crippen molar-refractivity contribution in [2.75, 3.05) is 11.9 Å². The van der Waals surface area contributed by atoms with Crippen LogP contribution in [0.4, 0.5) is 5.69 Å². The number of hydrogen-bond donors (Lipinski definition) is 1. The number of rotatable bonds is 0. The Hall–Kier alpha value is -1.51. The Kier molecular flexibility index (Phi) is 2.39. The fourth-order valence-electron chi connectivity index (χ4n) is 1.45. The van der Waals surface area contributed by atoms with Gasteiger partial charge in [-0.3, -0.25) is 0 Å². The number of ether oxygens (including phenoxy) is 1. The molecule has 1 unspecified atom stereocenters. The molecule has 0 aromatic heterocycles. The van der Waals surface area contributed by atoms with Gasteiger partial charge in [0, 0.05) is 18.7 Å². The Morgan fingerprint density at radius 3 is 2.79 bits per heavy atom. The van der Waals surface area contributed by atoms with Gasteiger partial charge in [-0.05, 0) is 31.2 Å². The standard InChI is InChI=1S/C11H13NO2/c1-8-6-7-12-10-4-2-9(3-5-10)11(13)14-8/h2-5,8,12H,6-7H2,1H3. The van der Waals surface area contributed by atoms with Gasteiger partial charge in [-0.15, -0.1) is 0 Å². The van der Waals surface area contributed by atoms with E-state index in [2.05, 4.69) is 5.32 Å². The topological polar surface area (TPSA) is 38.3 Å². The molecule has 0 amide bonds. The molecule has 1 aromatic rings. The summed E-state index contributed by atoms with van der Waals surface area (Å²) < 4.78 is 5.23. The molecule has 3 heteroatoms. The molecule has 3 nitrogen and oxygen atoms in total. The molecule has 2 aliphatic heterocycles. The third-order valence-corrected chi connectivity index (χ3v) is 2.31. The van der Waals surface area contributed by atoms with Gasteiger partial charge >= 0.3 is 5.97 Å². The predicted octanol–water partition coefficient (Wildman–Crippen LogP) is 2.05. The van der Waals surface area contributed by atoms with Gasteiger partial charge in [-0.2, -0.15) is 0 Å². The molecule has 0 fully saturated rings. The van der Waals surface area contributed by atoms with Crippen LogP contribution >= 0.6 is 0 Å². The van der Waals surface area contributed by atoms with Crippen LogP contribution in [0, 0.1) is 0 Å². The van der Waals surface area contributed by atoms with Gasteiger partial charge in [0.1, 0.15) is 6.10 Å². The fourth-order valence-corrected chi connectivity index (χ4v) is 1.45. The number of nitrogens with one attached hydrogen (secondary N) is 1. The molecule has 0 saturated carbocycles. The molecule has 74 valence electrons. The lowest BCUT2D eigenvalue weighted by atomic mass is 10.2. The summed E-state index contributed by atoms with van der Waals surface area (Å²) in [5, 5.41) is 3.26. The van der Waals surface area contributed by atoms with Gasteiger partial charge in [0.05, 0.1) is 5.56 Å². The summed E-state index contributed by atoms with van der Waals surface area (Å²) in [7, 11) is 0. The van der Waals surface area contributed by atoms with Crippen molar-refractivity contribution in [2.24, 2.45) is 0 Å². The molecule has 2 bridgehead atoms. The maximum absolute atomic E-state index is 11.5. The lowest BCUT2D eigenvalue weighted by Crippen LogP contribution is -2.19. The minimum absolute atomic E-state index is 0.0238. The maximum Gasteiger partial charge on any atom is 0.338 e. The number of carbonyl (C=O) groups excluding carboxylic acids is 1. The highest BCUT2D eigenvalue weighted by Crippen LogP contribution is 2.14. The zero-order valence-corrected chi connectivity index (χ0v) is 8.12. The van der Waals surface area contributed by atoms with Gasteiger partial charge in [0.15, 0.2) is 0 Å². The lowest BCUT2D eigenvalue weighted by molar-refractivity contribution is 0.0331. The van der Waals surface area contributed by atoms with Gasteiger partial charge in [0.2, 0.25) is 0 Å². The molecule has 3 rings (SSSR count). The van der Waals surface area contributed by atoms with Crippen LogP contribution in [0.1, 0.15) is 23.7 Å². The number of fused-ring (bicyclic) bond motifs is 7. The van der Waals surface area contributed by atoms with Crippen LogP contribution in [-0.2, 0) is 4.74 Å². The van der Waals surface area contributed by atoms with E-state index < -0.39 is 0 Å². The molecule has 0 aliphatic carbocycles. The van der Waals surface area contributed by atoms with Crippen LogP contribution in [0.15, 0.2) is 24.3 Å². The first kappa shape index (κ1) is 9.06. The SMILES string of the molecule is CC1CCNc2ccc(cc2)C(=O)O1. The second-order valence-corrected chi connectivity index (χ2v) is 3.51. The van der Waals surface area contributed by atoms with Crippen molar-refractivity contribution in [1.29, 1.82) is 0 Å². The first-order chi connectivity index (χ1) is 6.75. The summed E-state index contributed by atoms with van der Waals surface area (Å²) in [6.07, 6.45) is 0.814. The van der Waals surface area contributed by atoms with Crippen molar-refractivity contribution >= 4 is 11.7 Å². The van der Waals surface area contributed by atoms with E-state index in [1.54, 1.807) is 12.1 Å². The molecule has 14 heavy (non-hydrogen) atoms. The lowest BCUT2D eigenvalue weighted by Gasteiger charge is -2.16. The van der Waals surface area contributed by atoms with Crippen LogP contribution < -0.4 is 5.32 Å². The second kappa shape index (κ2) is 3.70. The summed E-state index contributed by atoms with van der Waals surface area (Å²) in [6, 6.07) is 7.35. The molecule has 2 heterocycles. The van der Waals surface area contributed by atoms with E-state index >= 15 is 0 Å². The fraction of sp³-hybridized carbons (Fsp3) is 0.364. The summed E-state index contributed by atoms with van der Waals surface area (Å²) in [6.45, 7) is 2.74. The molecule has 1 N–H and O–H groups in total. The van der Waals surface area contributed by atoms with Crippen molar-refractivity contribution in [3.8, 4) is 0 Å². The molecule has 2 aliphatic rings. The van der Waals surface area contributed by atoms with Crippen LogP contribution in [0.3, 0.4) is 0 Å². The number of esters is 1. The first-order valence-electron chi connectivity index (χ1n) is 4.80. The molecule has 0 saturated heterocycles. The first-order valence-corrected chi connectivity index (χ1v) is 4.80. The molecular weight excluding hydrogens is 178 g/mol.